The van der Waals surface area contributed by atoms with Crippen LogP contribution in [0.3, 0.4) is 0 Å². The maximum Gasteiger partial charge on any atom is 0.255 e. The fourth-order valence-corrected chi connectivity index (χ4v) is 3.81. The number of hydrogen-bond donors (Lipinski definition) is 1. The van der Waals surface area contributed by atoms with Crippen LogP contribution in [0, 0.1) is 5.92 Å². The molecule has 2 amide bonds. The first-order valence-corrected chi connectivity index (χ1v) is 9.54. The van der Waals surface area contributed by atoms with Crippen LogP contribution in [0.25, 0.3) is 0 Å². The van der Waals surface area contributed by atoms with Crippen molar-refractivity contribution in [3.63, 3.8) is 0 Å². The molecule has 144 valence electrons. The Labute approximate surface area is 158 Å². The molecule has 1 unspecified atom stereocenters. The lowest BCUT2D eigenvalue weighted by atomic mass is 10.1. The van der Waals surface area contributed by atoms with Crippen LogP contribution in [-0.4, -0.2) is 62.3 Å². The molecule has 26 heavy (non-hydrogen) atoms. The van der Waals surface area contributed by atoms with Crippen molar-refractivity contribution in [3.8, 4) is 17.2 Å². The molecule has 0 radical (unpaired) electrons. The second-order valence-corrected chi connectivity index (χ2v) is 7.34. The van der Waals surface area contributed by atoms with Gasteiger partial charge in [0.05, 0.1) is 27.2 Å². The van der Waals surface area contributed by atoms with Gasteiger partial charge in [0, 0.05) is 17.9 Å². The molecule has 7 nitrogen and oxygen atoms in total. The van der Waals surface area contributed by atoms with Gasteiger partial charge in [0.1, 0.15) is 6.04 Å². The minimum absolute atomic E-state index is 0.121. The van der Waals surface area contributed by atoms with Crippen LogP contribution >= 0.6 is 11.8 Å². The molecule has 0 aromatic heterocycles. The Balaban J connectivity index is 2.25. The van der Waals surface area contributed by atoms with Crippen molar-refractivity contribution in [3.05, 3.63) is 17.7 Å². The summed E-state index contributed by atoms with van der Waals surface area (Å²) in [5, 5.41) is 2.91. The first kappa shape index (κ1) is 20.2. The van der Waals surface area contributed by atoms with Crippen LogP contribution in [0.15, 0.2) is 12.1 Å². The quantitative estimate of drug-likeness (QED) is 0.777. The average Bonchev–Trinajstić information content (AvgIpc) is 3.13. The number of nitrogens with zero attached hydrogens (tertiary/aromatic N) is 1. The van der Waals surface area contributed by atoms with E-state index >= 15 is 0 Å². The molecule has 1 aromatic carbocycles. The van der Waals surface area contributed by atoms with Crippen molar-refractivity contribution >= 4 is 23.6 Å². The summed E-state index contributed by atoms with van der Waals surface area (Å²) in [7, 11) is 4.51. The molecule has 1 aliphatic rings. The summed E-state index contributed by atoms with van der Waals surface area (Å²) < 4.78 is 15.9. The molecule has 1 fully saturated rings. The highest BCUT2D eigenvalue weighted by Gasteiger charge is 2.35. The van der Waals surface area contributed by atoms with E-state index in [9.17, 15) is 9.59 Å². The number of carbonyl (C=O) groups is 2. The van der Waals surface area contributed by atoms with Crippen molar-refractivity contribution in [1.82, 2.24) is 10.2 Å². The van der Waals surface area contributed by atoms with Gasteiger partial charge in [0.15, 0.2) is 11.5 Å². The van der Waals surface area contributed by atoms with E-state index in [2.05, 4.69) is 5.32 Å². The number of rotatable bonds is 7. The van der Waals surface area contributed by atoms with E-state index in [-0.39, 0.29) is 11.8 Å². The van der Waals surface area contributed by atoms with Gasteiger partial charge in [-0.15, -0.1) is 11.8 Å². The number of benzene rings is 1. The van der Waals surface area contributed by atoms with Gasteiger partial charge in [0.2, 0.25) is 11.7 Å². The first-order valence-electron chi connectivity index (χ1n) is 8.39. The first-order chi connectivity index (χ1) is 12.4. The van der Waals surface area contributed by atoms with Gasteiger partial charge in [-0.05, 0) is 18.1 Å². The molecule has 8 heteroatoms. The summed E-state index contributed by atoms with van der Waals surface area (Å²) in [4.78, 5) is 27.1. The zero-order valence-electron chi connectivity index (χ0n) is 15.8. The van der Waals surface area contributed by atoms with E-state index in [1.165, 1.54) is 21.3 Å². The third kappa shape index (κ3) is 4.35. The lowest BCUT2D eigenvalue weighted by Crippen LogP contribution is -2.48. The minimum atomic E-state index is -0.481. The Morgan fingerprint density at radius 1 is 1.19 bits per heavy atom. The zero-order valence-corrected chi connectivity index (χ0v) is 16.6. The molecule has 0 aliphatic carbocycles. The fourth-order valence-electron chi connectivity index (χ4n) is 2.65. The zero-order chi connectivity index (χ0) is 19.3. The number of amides is 2. The summed E-state index contributed by atoms with van der Waals surface area (Å²) >= 11 is 1.56. The summed E-state index contributed by atoms with van der Waals surface area (Å²) in [6.07, 6.45) is 0. The van der Waals surface area contributed by atoms with E-state index in [1.807, 2.05) is 13.8 Å². The molecule has 0 saturated carbocycles. The Hall–Kier alpha value is -2.09. The number of hydrogen-bond acceptors (Lipinski definition) is 6. The Morgan fingerprint density at radius 3 is 2.31 bits per heavy atom. The van der Waals surface area contributed by atoms with E-state index < -0.39 is 6.04 Å². The van der Waals surface area contributed by atoms with Crippen LogP contribution in [0.1, 0.15) is 24.2 Å². The second-order valence-electron chi connectivity index (χ2n) is 6.34. The van der Waals surface area contributed by atoms with Crippen molar-refractivity contribution in [2.24, 2.45) is 5.92 Å². The molecule has 1 saturated heterocycles. The second kappa shape index (κ2) is 9.02. The molecule has 0 bridgehead atoms. The highest BCUT2D eigenvalue weighted by molar-refractivity contribution is 7.99. The van der Waals surface area contributed by atoms with Gasteiger partial charge < -0.3 is 24.4 Å². The SMILES string of the molecule is COc1cc(C(=O)N2CSCC2C(=O)NCC(C)C)cc(OC)c1OC. The predicted molar refractivity (Wildman–Crippen MR) is 101 cm³/mol. The third-order valence-corrected chi connectivity index (χ3v) is 5.05. The van der Waals surface area contributed by atoms with Crippen LogP contribution < -0.4 is 19.5 Å². The standard InChI is InChI=1S/C18H26N2O5S/c1-11(2)8-19-17(21)13-9-26-10-20(13)18(22)12-6-14(23-3)16(25-5)15(7-12)24-4/h6-7,11,13H,8-10H2,1-5H3,(H,19,21). The van der Waals surface area contributed by atoms with E-state index in [0.717, 1.165) is 0 Å². The van der Waals surface area contributed by atoms with E-state index in [0.29, 0.717) is 46.9 Å². The smallest absolute Gasteiger partial charge is 0.255 e. The molecule has 2 rings (SSSR count). The lowest BCUT2D eigenvalue weighted by Gasteiger charge is -2.24. The van der Waals surface area contributed by atoms with Crippen molar-refractivity contribution in [2.45, 2.75) is 19.9 Å². The van der Waals surface area contributed by atoms with Gasteiger partial charge in [-0.2, -0.15) is 0 Å². The normalized spacial score (nSPS) is 16.5. The Kier molecular flexibility index (Phi) is 7.02. The highest BCUT2D eigenvalue weighted by Crippen LogP contribution is 2.39. The van der Waals surface area contributed by atoms with Crippen LogP contribution in [0.4, 0.5) is 0 Å². The maximum absolute atomic E-state index is 13.0. The molecular weight excluding hydrogens is 356 g/mol. The van der Waals surface area contributed by atoms with Crippen molar-refractivity contribution in [1.29, 1.82) is 0 Å². The Morgan fingerprint density at radius 2 is 1.81 bits per heavy atom. The summed E-state index contributed by atoms with van der Waals surface area (Å²) in [5.41, 5.74) is 0.392. The molecule has 1 aliphatic heterocycles. The largest absolute Gasteiger partial charge is 0.493 e. The van der Waals surface area contributed by atoms with Crippen LogP contribution in [0.2, 0.25) is 0 Å². The van der Waals surface area contributed by atoms with Gasteiger partial charge in [0.25, 0.3) is 5.91 Å². The van der Waals surface area contributed by atoms with Crippen molar-refractivity contribution in [2.75, 3.05) is 39.5 Å². The number of methoxy groups -OCH3 is 3. The van der Waals surface area contributed by atoms with Crippen LogP contribution in [-0.2, 0) is 4.79 Å². The summed E-state index contributed by atoms with van der Waals surface area (Å²) in [5.74, 6) is 2.28. The van der Waals surface area contributed by atoms with E-state index in [4.69, 9.17) is 14.2 Å². The van der Waals surface area contributed by atoms with Crippen LogP contribution in [0.5, 0.6) is 17.2 Å². The maximum atomic E-state index is 13.0. The molecule has 1 heterocycles. The molecule has 0 spiro atoms. The lowest BCUT2D eigenvalue weighted by molar-refractivity contribution is -0.124. The van der Waals surface area contributed by atoms with E-state index in [1.54, 1.807) is 28.8 Å². The molecule has 1 N–H and O–H groups in total. The summed E-state index contributed by atoms with van der Waals surface area (Å²) in [6.45, 7) is 4.65. The minimum Gasteiger partial charge on any atom is -0.493 e. The fraction of sp³-hybridized carbons (Fsp3) is 0.556. The number of ether oxygens (including phenoxy) is 3. The van der Waals surface area contributed by atoms with Gasteiger partial charge in [-0.25, -0.2) is 0 Å². The Bertz CT molecular complexity index is 640. The van der Waals surface area contributed by atoms with Gasteiger partial charge >= 0.3 is 0 Å². The number of carbonyl (C=O) groups excluding carboxylic acids is 2. The monoisotopic (exact) mass is 382 g/mol. The predicted octanol–water partition coefficient (Wildman–Crippen LogP) is 2.00. The van der Waals surface area contributed by atoms with Gasteiger partial charge in [-0.3, -0.25) is 9.59 Å². The van der Waals surface area contributed by atoms with Crippen molar-refractivity contribution < 1.29 is 23.8 Å². The van der Waals surface area contributed by atoms with Gasteiger partial charge in [-0.1, -0.05) is 13.8 Å². The topological polar surface area (TPSA) is 77.1 Å². The molecular formula is C18H26N2O5S. The number of nitrogens with one attached hydrogen (secondary N) is 1. The molecule has 1 atom stereocenters. The highest BCUT2D eigenvalue weighted by atomic mass is 32.2. The third-order valence-electron chi connectivity index (χ3n) is 4.04. The molecule has 1 aromatic rings. The summed E-state index contributed by atoms with van der Waals surface area (Å²) in [6, 6.07) is 2.73. The number of thioether (sulfide) groups is 1. The average molecular weight is 382 g/mol.